The number of unbranched alkanes of at least 4 members (excludes halogenated alkanes) is 8. The molecule has 5 nitrogen and oxygen atoms in total. The van der Waals surface area contributed by atoms with Gasteiger partial charge in [0.15, 0.2) is 0 Å². The van der Waals surface area contributed by atoms with Crippen LogP contribution in [0.3, 0.4) is 0 Å². The van der Waals surface area contributed by atoms with E-state index in [4.69, 9.17) is 9.47 Å². The molecule has 0 aromatic rings. The molecule has 1 heterocycles. The second-order valence-electron chi connectivity index (χ2n) is 7.36. The van der Waals surface area contributed by atoms with E-state index in [0.29, 0.717) is 11.1 Å². The Morgan fingerprint density at radius 1 is 0.778 bits per heavy atom. The molecule has 5 heteroatoms. The van der Waals surface area contributed by atoms with E-state index in [0.717, 1.165) is 30.7 Å². The highest BCUT2D eigenvalue weighted by Gasteiger charge is 2.35. The average molecular weight is 380 g/mol. The van der Waals surface area contributed by atoms with Crippen molar-refractivity contribution in [1.82, 2.24) is 5.32 Å². The second-order valence-corrected chi connectivity index (χ2v) is 7.36. The first-order valence-electron chi connectivity index (χ1n) is 10.3. The minimum Gasteiger partial charge on any atom is -0.466 e. The zero-order chi connectivity index (χ0) is 20.2. The maximum absolute atomic E-state index is 12.3. The van der Waals surface area contributed by atoms with Gasteiger partial charge >= 0.3 is 11.9 Å². The molecule has 0 unspecified atom stereocenters. The molecular formula is C22H37NO4. The van der Waals surface area contributed by atoms with Crippen LogP contribution in [0.2, 0.25) is 0 Å². The molecule has 154 valence electrons. The van der Waals surface area contributed by atoms with Crippen molar-refractivity contribution in [2.24, 2.45) is 5.92 Å². The molecule has 0 saturated carbocycles. The van der Waals surface area contributed by atoms with Gasteiger partial charge in [-0.2, -0.15) is 0 Å². The topological polar surface area (TPSA) is 64.6 Å². The zero-order valence-corrected chi connectivity index (χ0v) is 17.8. The number of carbonyl (C=O) groups is 2. The molecule has 0 atom stereocenters. The number of hydrogen-bond donors (Lipinski definition) is 1. The quantitative estimate of drug-likeness (QED) is 0.381. The van der Waals surface area contributed by atoms with Gasteiger partial charge in [-0.25, -0.2) is 9.59 Å². The normalized spacial score (nSPS) is 15.0. The number of esters is 2. The predicted octanol–water partition coefficient (Wildman–Crippen LogP) is 5.02. The van der Waals surface area contributed by atoms with Gasteiger partial charge in [0.1, 0.15) is 0 Å². The van der Waals surface area contributed by atoms with E-state index < -0.39 is 0 Å². The Bertz CT molecular complexity index is 525. The molecule has 1 rings (SSSR count). The van der Waals surface area contributed by atoms with E-state index in [-0.39, 0.29) is 17.9 Å². The molecule has 1 N–H and O–H groups in total. The number of nitrogens with one attached hydrogen (secondary N) is 1. The Balaban J connectivity index is 2.66. The number of allylic oxidation sites excluding steroid dienone is 2. The van der Waals surface area contributed by atoms with Crippen LogP contribution in [0.5, 0.6) is 0 Å². The lowest BCUT2D eigenvalue weighted by Crippen LogP contribution is -2.33. The van der Waals surface area contributed by atoms with Crippen molar-refractivity contribution in [2.75, 3.05) is 14.2 Å². The van der Waals surface area contributed by atoms with Crippen LogP contribution < -0.4 is 5.32 Å². The third-order valence-corrected chi connectivity index (χ3v) is 5.29. The van der Waals surface area contributed by atoms with E-state index in [1.54, 1.807) is 0 Å². The SMILES string of the molecule is CCCCCCCCCCCC1C(C(=O)OC)=C(C)NC(C)=C1C(=O)OC. The van der Waals surface area contributed by atoms with E-state index in [1.807, 2.05) is 13.8 Å². The maximum atomic E-state index is 12.3. The summed E-state index contributed by atoms with van der Waals surface area (Å²) in [5.74, 6) is -1.03. The van der Waals surface area contributed by atoms with Crippen molar-refractivity contribution in [3.05, 3.63) is 22.5 Å². The molecule has 1 aliphatic heterocycles. The van der Waals surface area contributed by atoms with Gasteiger partial charge in [0.05, 0.1) is 25.4 Å². The smallest absolute Gasteiger partial charge is 0.336 e. The molecule has 0 bridgehead atoms. The number of methoxy groups -OCH3 is 2. The summed E-state index contributed by atoms with van der Waals surface area (Å²) in [6, 6.07) is 0. The van der Waals surface area contributed by atoms with Gasteiger partial charge < -0.3 is 14.8 Å². The lowest BCUT2D eigenvalue weighted by molar-refractivity contribution is -0.137. The van der Waals surface area contributed by atoms with Crippen molar-refractivity contribution in [3.63, 3.8) is 0 Å². The van der Waals surface area contributed by atoms with Gasteiger partial charge in [0.2, 0.25) is 0 Å². The van der Waals surface area contributed by atoms with Gasteiger partial charge in [0, 0.05) is 17.3 Å². The van der Waals surface area contributed by atoms with Crippen molar-refractivity contribution in [1.29, 1.82) is 0 Å². The zero-order valence-electron chi connectivity index (χ0n) is 17.8. The maximum Gasteiger partial charge on any atom is 0.336 e. The summed E-state index contributed by atoms with van der Waals surface area (Å²) < 4.78 is 9.93. The molecule has 0 aromatic carbocycles. The Morgan fingerprint density at radius 3 is 1.59 bits per heavy atom. The number of carbonyl (C=O) groups excluding carboxylic acids is 2. The second kappa shape index (κ2) is 12.6. The van der Waals surface area contributed by atoms with E-state index >= 15 is 0 Å². The molecule has 0 aromatic heterocycles. The summed E-state index contributed by atoms with van der Waals surface area (Å²) in [6.45, 7) is 5.94. The van der Waals surface area contributed by atoms with E-state index in [1.165, 1.54) is 59.2 Å². The predicted molar refractivity (Wildman–Crippen MR) is 108 cm³/mol. The molecular weight excluding hydrogens is 342 g/mol. The number of hydrogen-bond acceptors (Lipinski definition) is 5. The van der Waals surface area contributed by atoms with Crippen LogP contribution in [-0.4, -0.2) is 26.2 Å². The Labute approximate surface area is 164 Å². The Morgan fingerprint density at radius 2 is 1.19 bits per heavy atom. The van der Waals surface area contributed by atoms with Gasteiger partial charge in [-0.3, -0.25) is 0 Å². The van der Waals surface area contributed by atoms with Crippen LogP contribution in [0.4, 0.5) is 0 Å². The van der Waals surface area contributed by atoms with Crippen LogP contribution in [-0.2, 0) is 19.1 Å². The van der Waals surface area contributed by atoms with Crippen molar-refractivity contribution in [2.45, 2.75) is 85.0 Å². The lowest BCUT2D eigenvalue weighted by atomic mass is 9.82. The summed E-state index contributed by atoms with van der Waals surface area (Å²) in [6.07, 6.45) is 11.9. The fourth-order valence-electron chi connectivity index (χ4n) is 3.84. The molecule has 0 aliphatic carbocycles. The Hall–Kier alpha value is -1.78. The first kappa shape index (κ1) is 23.3. The van der Waals surface area contributed by atoms with E-state index in [9.17, 15) is 9.59 Å². The fourth-order valence-corrected chi connectivity index (χ4v) is 3.84. The summed E-state index contributed by atoms with van der Waals surface area (Å²) >= 11 is 0. The molecule has 0 fully saturated rings. The van der Waals surface area contributed by atoms with Crippen LogP contribution in [0.15, 0.2) is 22.5 Å². The third-order valence-electron chi connectivity index (χ3n) is 5.29. The highest BCUT2D eigenvalue weighted by Crippen LogP contribution is 2.35. The highest BCUT2D eigenvalue weighted by atomic mass is 16.5. The van der Waals surface area contributed by atoms with Crippen LogP contribution >= 0.6 is 0 Å². The summed E-state index contributed by atoms with van der Waals surface area (Å²) in [7, 11) is 2.75. The van der Waals surface area contributed by atoms with Crippen molar-refractivity contribution >= 4 is 11.9 Å². The largest absolute Gasteiger partial charge is 0.466 e. The fraction of sp³-hybridized carbons (Fsp3) is 0.727. The van der Waals surface area contributed by atoms with Gasteiger partial charge in [-0.15, -0.1) is 0 Å². The summed E-state index contributed by atoms with van der Waals surface area (Å²) in [5.41, 5.74) is 2.60. The van der Waals surface area contributed by atoms with Gasteiger partial charge in [-0.1, -0.05) is 64.7 Å². The molecule has 1 aliphatic rings. The van der Waals surface area contributed by atoms with Gasteiger partial charge in [0.25, 0.3) is 0 Å². The number of ether oxygens (including phenoxy) is 2. The standard InChI is InChI=1S/C22H37NO4/c1-6-7-8-9-10-11-12-13-14-15-18-19(21(24)26-4)16(2)23-17(3)20(18)22(25)27-5/h18,23H,6-15H2,1-5H3. The minimum absolute atomic E-state index is 0.268. The first-order valence-corrected chi connectivity index (χ1v) is 10.3. The highest BCUT2D eigenvalue weighted by molar-refractivity contribution is 5.97. The molecule has 0 radical (unpaired) electrons. The number of rotatable bonds is 12. The molecule has 0 amide bonds. The minimum atomic E-state index is -0.380. The van der Waals surface area contributed by atoms with Gasteiger partial charge in [-0.05, 0) is 20.3 Å². The summed E-state index contributed by atoms with van der Waals surface area (Å²) in [4.78, 5) is 24.6. The van der Waals surface area contributed by atoms with Crippen molar-refractivity contribution in [3.8, 4) is 0 Å². The van der Waals surface area contributed by atoms with Crippen LogP contribution in [0, 0.1) is 5.92 Å². The average Bonchev–Trinajstić information content (AvgIpc) is 2.65. The van der Waals surface area contributed by atoms with Crippen molar-refractivity contribution < 1.29 is 19.1 Å². The summed E-state index contributed by atoms with van der Waals surface area (Å²) in [5, 5.41) is 3.13. The monoisotopic (exact) mass is 379 g/mol. The number of dihydropyridines is 1. The Kier molecular flexibility index (Phi) is 10.8. The molecule has 0 spiro atoms. The molecule has 0 saturated heterocycles. The lowest BCUT2D eigenvalue weighted by Gasteiger charge is -2.29. The molecule has 27 heavy (non-hydrogen) atoms. The third kappa shape index (κ3) is 7.04. The van der Waals surface area contributed by atoms with Crippen LogP contribution in [0.1, 0.15) is 85.0 Å². The van der Waals surface area contributed by atoms with Crippen LogP contribution in [0.25, 0.3) is 0 Å². The first-order chi connectivity index (χ1) is 13.0. The van der Waals surface area contributed by atoms with E-state index in [2.05, 4.69) is 12.2 Å².